The van der Waals surface area contributed by atoms with E-state index in [-0.39, 0.29) is 5.97 Å². The normalized spacial score (nSPS) is 18.5. The summed E-state index contributed by atoms with van der Waals surface area (Å²) in [5.41, 5.74) is 0. The molecule has 272 valence electrons. The molecule has 4 nitrogen and oxygen atoms in total. The van der Waals surface area contributed by atoms with Gasteiger partial charge in [-0.3, -0.25) is 4.79 Å². The van der Waals surface area contributed by atoms with E-state index in [2.05, 4.69) is 37.6 Å². The summed E-state index contributed by atoms with van der Waals surface area (Å²) < 4.78 is 5.82. The number of carbonyl (C=O) groups is 1. The molecule has 0 heterocycles. The molecule has 0 radical (unpaired) electrons. The summed E-state index contributed by atoms with van der Waals surface area (Å²) in [5, 5.41) is 10.3. The molecule has 0 spiro atoms. The average Bonchev–Trinajstić information content (AvgIpc) is 3.08. The van der Waals surface area contributed by atoms with Gasteiger partial charge in [-0.1, -0.05) is 117 Å². The molecule has 0 saturated heterocycles. The number of ether oxygens (including phenoxy) is 1. The van der Waals surface area contributed by atoms with Crippen molar-refractivity contribution in [3.05, 3.63) is 0 Å². The summed E-state index contributed by atoms with van der Waals surface area (Å²) in [6.45, 7) is 6.62. The van der Waals surface area contributed by atoms with E-state index in [1.165, 1.54) is 153 Å². The highest BCUT2D eigenvalue weighted by atomic mass is 32.2. The SMILES string of the molecule is CCCCCC(CCOC(=O)CCC1CCCCC1)CCC(CCC(CCCCC)CCSC1CCCCC1)N(C)CCCCO. The summed E-state index contributed by atoms with van der Waals surface area (Å²) in [6, 6.07) is 0.616. The van der Waals surface area contributed by atoms with E-state index in [9.17, 15) is 9.90 Å². The van der Waals surface area contributed by atoms with Crippen molar-refractivity contribution in [2.24, 2.45) is 17.8 Å². The number of aliphatic hydroxyl groups excluding tert-OH is 1. The van der Waals surface area contributed by atoms with Gasteiger partial charge in [0.2, 0.25) is 0 Å². The lowest BCUT2D eigenvalue weighted by Gasteiger charge is -2.31. The molecule has 3 unspecified atom stereocenters. The van der Waals surface area contributed by atoms with Crippen LogP contribution in [0.1, 0.15) is 194 Å². The first-order valence-electron chi connectivity index (χ1n) is 20.6. The first kappa shape index (κ1) is 41.9. The molecule has 5 heteroatoms. The zero-order valence-corrected chi connectivity index (χ0v) is 31.9. The smallest absolute Gasteiger partial charge is 0.305 e. The lowest BCUT2D eigenvalue weighted by Crippen LogP contribution is -2.33. The summed E-state index contributed by atoms with van der Waals surface area (Å²) >= 11 is 2.29. The van der Waals surface area contributed by atoms with Crippen LogP contribution in [0.15, 0.2) is 0 Å². The molecule has 2 saturated carbocycles. The number of esters is 1. The second-order valence-corrected chi connectivity index (χ2v) is 16.8. The Labute approximate surface area is 291 Å². The van der Waals surface area contributed by atoms with Crippen molar-refractivity contribution in [2.75, 3.05) is 32.6 Å². The van der Waals surface area contributed by atoms with Crippen molar-refractivity contribution in [3.63, 3.8) is 0 Å². The quantitative estimate of drug-likeness (QED) is 0.0636. The van der Waals surface area contributed by atoms with Crippen molar-refractivity contribution in [2.45, 2.75) is 205 Å². The Morgan fingerprint density at radius 3 is 1.96 bits per heavy atom. The van der Waals surface area contributed by atoms with Gasteiger partial charge in [0, 0.05) is 24.3 Å². The molecule has 2 fully saturated rings. The number of hydrogen-bond donors (Lipinski definition) is 1. The minimum Gasteiger partial charge on any atom is -0.466 e. The van der Waals surface area contributed by atoms with Gasteiger partial charge in [-0.2, -0.15) is 11.8 Å². The summed E-state index contributed by atoms with van der Waals surface area (Å²) in [5.74, 6) is 3.66. The molecule has 0 aromatic carbocycles. The van der Waals surface area contributed by atoms with Crippen LogP contribution in [0.4, 0.5) is 0 Å². The Morgan fingerprint density at radius 2 is 1.35 bits per heavy atom. The maximum absolute atomic E-state index is 12.6. The van der Waals surface area contributed by atoms with Gasteiger partial charge < -0.3 is 14.7 Å². The van der Waals surface area contributed by atoms with Crippen LogP contribution in [0, 0.1) is 17.8 Å². The van der Waals surface area contributed by atoms with Crippen molar-refractivity contribution in [1.29, 1.82) is 0 Å². The van der Waals surface area contributed by atoms with Crippen LogP contribution < -0.4 is 0 Å². The number of rotatable bonds is 29. The zero-order chi connectivity index (χ0) is 33.1. The molecule has 3 atom stereocenters. The standard InChI is InChI=1S/C41H79NO3S/c1-4-6-10-18-37(30-34-45-41(44)29-26-36-20-12-8-13-21-36)24-27-39(42(3)32-16-17-33-43)28-25-38(19-11-7-5-2)31-35-46-40-22-14-9-15-23-40/h36-40,43H,4-35H2,1-3H3. The number of carbonyl (C=O) groups excluding carboxylic acids is 1. The largest absolute Gasteiger partial charge is 0.466 e. The Bertz CT molecular complexity index is 693. The van der Waals surface area contributed by atoms with Gasteiger partial charge >= 0.3 is 5.97 Å². The molecule has 0 amide bonds. The lowest BCUT2D eigenvalue weighted by atomic mass is 9.86. The van der Waals surface area contributed by atoms with Crippen LogP contribution in [0.5, 0.6) is 0 Å². The van der Waals surface area contributed by atoms with E-state index in [1.54, 1.807) is 0 Å². The van der Waals surface area contributed by atoms with Crippen LogP contribution in [0.25, 0.3) is 0 Å². The zero-order valence-electron chi connectivity index (χ0n) is 31.1. The van der Waals surface area contributed by atoms with Crippen molar-refractivity contribution >= 4 is 17.7 Å². The summed E-state index contributed by atoms with van der Waals surface area (Å²) in [4.78, 5) is 15.2. The predicted octanol–water partition coefficient (Wildman–Crippen LogP) is 11.8. The summed E-state index contributed by atoms with van der Waals surface area (Å²) in [6.07, 6.45) is 35.8. The Kier molecular flexibility index (Phi) is 26.0. The van der Waals surface area contributed by atoms with E-state index >= 15 is 0 Å². The molecule has 46 heavy (non-hydrogen) atoms. The third-order valence-electron chi connectivity index (χ3n) is 11.5. The molecule has 2 aliphatic rings. The molecule has 2 rings (SSSR count). The van der Waals surface area contributed by atoms with Crippen molar-refractivity contribution in [3.8, 4) is 0 Å². The monoisotopic (exact) mass is 666 g/mol. The third-order valence-corrected chi connectivity index (χ3v) is 12.9. The molecule has 2 aliphatic carbocycles. The maximum atomic E-state index is 12.6. The highest BCUT2D eigenvalue weighted by Crippen LogP contribution is 2.32. The fraction of sp³-hybridized carbons (Fsp3) is 0.976. The minimum atomic E-state index is 0.0372. The van der Waals surface area contributed by atoms with Gasteiger partial charge in [0.1, 0.15) is 0 Å². The molecule has 0 aliphatic heterocycles. The fourth-order valence-electron chi connectivity index (χ4n) is 8.17. The van der Waals surface area contributed by atoms with Gasteiger partial charge in [-0.05, 0) is 108 Å². The van der Waals surface area contributed by atoms with Gasteiger partial charge in [0.15, 0.2) is 0 Å². The van der Waals surface area contributed by atoms with Crippen molar-refractivity contribution in [1.82, 2.24) is 4.90 Å². The van der Waals surface area contributed by atoms with Gasteiger partial charge in [-0.25, -0.2) is 0 Å². The summed E-state index contributed by atoms with van der Waals surface area (Å²) in [7, 11) is 2.34. The molecular formula is C41H79NO3S. The lowest BCUT2D eigenvalue weighted by molar-refractivity contribution is -0.144. The first-order chi connectivity index (χ1) is 22.5. The fourth-order valence-corrected chi connectivity index (χ4v) is 9.64. The Morgan fingerprint density at radius 1 is 0.739 bits per heavy atom. The second kappa shape index (κ2) is 28.6. The topological polar surface area (TPSA) is 49.8 Å². The van der Waals surface area contributed by atoms with E-state index in [1.807, 2.05) is 0 Å². The number of unbranched alkanes of at least 4 members (excludes halogenated alkanes) is 5. The van der Waals surface area contributed by atoms with E-state index in [0.29, 0.717) is 31.6 Å². The number of nitrogens with zero attached hydrogens (tertiary/aromatic N) is 1. The van der Waals surface area contributed by atoms with Crippen LogP contribution >= 0.6 is 11.8 Å². The van der Waals surface area contributed by atoms with Crippen molar-refractivity contribution < 1.29 is 14.6 Å². The number of aliphatic hydroxyl groups is 1. The van der Waals surface area contributed by atoms with E-state index in [4.69, 9.17) is 4.74 Å². The third kappa shape index (κ3) is 21.0. The minimum absolute atomic E-state index is 0.0372. The van der Waals surface area contributed by atoms with Gasteiger partial charge in [-0.15, -0.1) is 0 Å². The molecule has 1 N–H and O–H groups in total. The van der Waals surface area contributed by atoms with Gasteiger partial charge in [0.05, 0.1) is 6.61 Å². The first-order valence-corrected chi connectivity index (χ1v) is 21.7. The second-order valence-electron chi connectivity index (χ2n) is 15.4. The van der Waals surface area contributed by atoms with E-state index < -0.39 is 0 Å². The molecular weight excluding hydrogens is 587 g/mol. The predicted molar refractivity (Wildman–Crippen MR) is 202 cm³/mol. The maximum Gasteiger partial charge on any atom is 0.305 e. The Hall–Kier alpha value is -0.260. The van der Waals surface area contributed by atoms with Crippen LogP contribution in [-0.2, 0) is 9.53 Å². The molecule has 0 aromatic rings. The average molecular weight is 666 g/mol. The highest BCUT2D eigenvalue weighted by Gasteiger charge is 2.22. The van der Waals surface area contributed by atoms with E-state index in [0.717, 1.165) is 49.3 Å². The molecule has 0 bridgehead atoms. The van der Waals surface area contributed by atoms with Crippen LogP contribution in [0.3, 0.4) is 0 Å². The van der Waals surface area contributed by atoms with Crippen LogP contribution in [0.2, 0.25) is 0 Å². The Balaban J connectivity index is 1.89. The number of thioether (sulfide) groups is 1. The van der Waals surface area contributed by atoms with Crippen LogP contribution in [-0.4, -0.2) is 59.8 Å². The highest BCUT2D eigenvalue weighted by molar-refractivity contribution is 7.99. The molecule has 0 aromatic heterocycles. The van der Waals surface area contributed by atoms with Gasteiger partial charge in [0.25, 0.3) is 0 Å². The number of hydrogen-bond acceptors (Lipinski definition) is 5.